The Labute approximate surface area is 160 Å². The van der Waals surface area contributed by atoms with E-state index in [1.807, 2.05) is 36.5 Å². The van der Waals surface area contributed by atoms with Crippen LogP contribution >= 0.6 is 0 Å². The molecule has 7 nitrogen and oxygen atoms in total. The Morgan fingerprint density at radius 3 is 2.64 bits per heavy atom. The number of nitrogens with one attached hydrogen (secondary N) is 1. The molecule has 0 aliphatic carbocycles. The van der Waals surface area contributed by atoms with Gasteiger partial charge in [-0.25, -0.2) is 5.10 Å². The molecule has 1 N–H and O–H groups in total. The Hall–Kier alpha value is -3.74. The highest BCUT2D eigenvalue weighted by molar-refractivity contribution is 6.05. The van der Waals surface area contributed by atoms with Crippen LogP contribution in [0.1, 0.15) is 27.9 Å². The van der Waals surface area contributed by atoms with Gasteiger partial charge in [-0.2, -0.15) is 5.10 Å². The van der Waals surface area contributed by atoms with Crippen LogP contribution < -0.4 is 5.56 Å². The second-order valence-electron chi connectivity index (χ2n) is 6.73. The van der Waals surface area contributed by atoms with Crippen molar-refractivity contribution in [1.29, 1.82) is 0 Å². The molecule has 28 heavy (non-hydrogen) atoms. The topological polar surface area (TPSA) is 83.9 Å². The number of fused-ring (bicyclic) bond motifs is 2. The van der Waals surface area contributed by atoms with Gasteiger partial charge in [0, 0.05) is 36.6 Å². The maximum absolute atomic E-state index is 13.5. The first-order chi connectivity index (χ1) is 13.7. The molecule has 4 aromatic rings. The highest BCUT2D eigenvalue weighted by Crippen LogP contribution is 2.32. The quantitative estimate of drug-likeness (QED) is 0.586. The number of nitrogens with zero attached hydrogens (tertiary/aromatic N) is 4. The summed E-state index contributed by atoms with van der Waals surface area (Å²) in [4.78, 5) is 31.9. The van der Waals surface area contributed by atoms with E-state index in [1.54, 1.807) is 35.4 Å². The summed E-state index contributed by atoms with van der Waals surface area (Å²) in [5.41, 5.74) is 1.74. The summed E-state index contributed by atoms with van der Waals surface area (Å²) in [6.07, 6.45) is 3.74. The van der Waals surface area contributed by atoms with E-state index < -0.39 is 0 Å². The number of carbonyl (C=O) groups is 1. The summed E-state index contributed by atoms with van der Waals surface area (Å²) in [6.45, 7) is 1.22. The van der Waals surface area contributed by atoms with Crippen LogP contribution in [0.3, 0.4) is 0 Å². The van der Waals surface area contributed by atoms with Crippen LogP contribution in [-0.4, -0.2) is 37.1 Å². The van der Waals surface area contributed by atoms with E-state index in [-0.39, 0.29) is 23.2 Å². The van der Waals surface area contributed by atoms with Crippen LogP contribution in [0.25, 0.3) is 10.8 Å². The minimum atomic E-state index is -0.315. The van der Waals surface area contributed by atoms with Crippen LogP contribution in [0, 0.1) is 0 Å². The number of carbonyl (C=O) groups excluding carboxylic acids is 1. The molecule has 1 atom stereocenters. The molecular weight excluding hydrogens is 354 g/mol. The van der Waals surface area contributed by atoms with E-state index in [4.69, 9.17) is 0 Å². The lowest BCUT2D eigenvalue weighted by Crippen LogP contribution is -2.43. The van der Waals surface area contributed by atoms with Gasteiger partial charge in [-0.15, -0.1) is 0 Å². The fraction of sp³-hybridized carbons (Fsp3) is 0.143. The van der Waals surface area contributed by atoms with Crippen molar-refractivity contribution in [3.05, 3.63) is 94.4 Å². The lowest BCUT2D eigenvalue weighted by molar-refractivity contribution is 0.0655. The second-order valence-corrected chi connectivity index (χ2v) is 6.73. The number of aromatic amines is 1. The zero-order chi connectivity index (χ0) is 19.1. The Kier molecular flexibility index (Phi) is 3.79. The van der Waals surface area contributed by atoms with Crippen molar-refractivity contribution < 1.29 is 4.79 Å². The van der Waals surface area contributed by atoms with Gasteiger partial charge in [0.2, 0.25) is 0 Å². The summed E-state index contributed by atoms with van der Waals surface area (Å²) < 4.78 is 2.14. The van der Waals surface area contributed by atoms with E-state index in [2.05, 4.69) is 19.7 Å². The Morgan fingerprint density at radius 2 is 1.82 bits per heavy atom. The molecule has 0 radical (unpaired) electrons. The maximum atomic E-state index is 13.5. The van der Waals surface area contributed by atoms with Gasteiger partial charge in [-0.3, -0.25) is 14.6 Å². The molecule has 0 fully saturated rings. The minimum absolute atomic E-state index is 0.226. The first kappa shape index (κ1) is 16.4. The van der Waals surface area contributed by atoms with Crippen LogP contribution in [0.5, 0.6) is 0 Å². The van der Waals surface area contributed by atoms with Crippen molar-refractivity contribution in [1.82, 2.24) is 24.6 Å². The molecule has 1 amide bonds. The van der Waals surface area contributed by atoms with Gasteiger partial charge in [0.15, 0.2) is 5.69 Å². The summed E-state index contributed by atoms with van der Waals surface area (Å²) >= 11 is 0. The maximum Gasteiger partial charge on any atom is 0.275 e. The smallest absolute Gasteiger partial charge is 0.275 e. The second kappa shape index (κ2) is 6.45. The van der Waals surface area contributed by atoms with Crippen LogP contribution in [0.4, 0.5) is 0 Å². The number of H-pyrrole nitrogens is 1. The van der Waals surface area contributed by atoms with E-state index in [1.165, 1.54) is 0 Å². The number of hydrogen-bond donors (Lipinski definition) is 1. The largest absolute Gasteiger partial charge is 0.347 e. The average Bonchev–Trinajstić information content (AvgIpc) is 3.22. The number of aromatic nitrogens is 4. The van der Waals surface area contributed by atoms with Crippen molar-refractivity contribution in [2.75, 3.05) is 6.54 Å². The van der Waals surface area contributed by atoms with Crippen molar-refractivity contribution >= 4 is 16.7 Å². The van der Waals surface area contributed by atoms with E-state index in [0.29, 0.717) is 23.9 Å². The molecule has 0 saturated carbocycles. The average molecular weight is 371 g/mol. The van der Waals surface area contributed by atoms with Crippen LogP contribution in [0.15, 0.2) is 71.8 Å². The number of amides is 1. The molecule has 138 valence electrons. The standard InChI is InChI=1S/C21H17N5O2/c27-20-15-7-2-1-6-14(15)18(23-24-20)21(28)26-13-12-25-11-5-9-17(25)19(26)16-8-3-4-10-22-16/h1-11,19H,12-13H2,(H,24,27). The third-order valence-electron chi connectivity index (χ3n) is 5.17. The Bertz CT molecular complexity index is 1230. The van der Waals surface area contributed by atoms with E-state index in [9.17, 15) is 9.59 Å². The van der Waals surface area contributed by atoms with E-state index in [0.717, 1.165) is 11.4 Å². The van der Waals surface area contributed by atoms with Crippen molar-refractivity contribution in [3.8, 4) is 0 Å². The predicted octanol–water partition coefficient (Wildman–Crippen LogP) is 2.37. The summed E-state index contributed by atoms with van der Waals surface area (Å²) in [6, 6.07) is 16.4. The fourth-order valence-electron chi connectivity index (χ4n) is 3.86. The third kappa shape index (κ3) is 2.51. The monoisotopic (exact) mass is 371 g/mol. The molecule has 1 unspecified atom stereocenters. The molecule has 1 aromatic carbocycles. The molecule has 7 heteroatoms. The molecule has 4 heterocycles. The van der Waals surface area contributed by atoms with E-state index >= 15 is 0 Å². The summed E-state index contributed by atoms with van der Waals surface area (Å²) in [5.74, 6) is -0.226. The van der Waals surface area contributed by atoms with Crippen molar-refractivity contribution in [2.24, 2.45) is 0 Å². The van der Waals surface area contributed by atoms with Crippen LogP contribution in [-0.2, 0) is 6.54 Å². The SMILES string of the molecule is O=C(c1n[nH]c(=O)c2ccccc12)N1CCn2cccc2C1c1ccccn1. The normalized spacial score (nSPS) is 16.1. The third-order valence-corrected chi connectivity index (χ3v) is 5.17. The fourth-order valence-corrected chi connectivity index (χ4v) is 3.86. The Morgan fingerprint density at radius 1 is 1.00 bits per heavy atom. The number of hydrogen-bond acceptors (Lipinski definition) is 4. The molecule has 5 rings (SSSR count). The summed E-state index contributed by atoms with van der Waals surface area (Å²) in [5, 5.41) is 7.56. The molecule has 1 aliphatic heterocycles. The number of benzene rings is 1. The lowest BCUT2D eigenvalue weighted by atomic mass is 10.0. The zero-order valence-corrected chi connectivity index (χ0v) is 14.9. The van der Waals surface area contributed by atoms with Gasteiger partial charge in [0.1, 0.15) is 6.04 Å². The van der Waals surface area contributed by atoms with Gasteiger partial charge in [0.05, 0.1) is 11.1 Å². The molecular formula is C21H17N5O2. The van der Waals surface area contributed by atoms with Gasteiger partial charge in [-0.05, 0) is 30.3 Å². The highest BCUT2D eigenvalue weighted by Gasteiger charge is 2.34. The Balaban J connectivity index is 1.65. The van der Waals surface area contributed by atoms with Gasteiger partial charge < -0.3 is 9.47 Å². The first-order valence-electron chi connectivity index (χ1n) is 9.08. The van der Waals surface area contributed by atoms with Gasteiger partial charge in [0.25, 0.3) is 11.5 Å². The van der Waals surface area contributed by atoms with Crippen LogP contribution in [0.2, 0.25) is 0 Å². The number of rotatable bonds is 2. The van der Waals surface area contributed by atoms with Gasteiger partial charge in [-0.1, -0.05) is 24.3 Å². The highest BCUT2D eigenvalue weighted by atomic mass is 16.2. The predicted molar refractivity (Wildman–Crippen MR) is 104 cm³/mol. The minimum Gasteiger partial charge on any atom is -0.347 e. The molecule has 1 aliphatic rings. The number of pyridine rings is 1. The van der Waals surface area contributed by atoms with Crippen molar-refractivity contribution in [3.63, 3.8) is 0 Å². The molecule has 3 aromatic heterocycles. The zero-order valence-electron chi connectivity index (χ0n) is 14.9. The first-order valence-corrected chi connectivity index (χ1v) is 9.08. The molecule has 0 spiro atoms. The van der Waals surface area contributed by atoms with Crippen molar-refractivity contribution in [2.45, 2.75) is 12.6 Å². The molecule has 0 bridgehead atoms. The summed E-state index contributed by atoms with van der Waals surface area (Å²) in [7, 11) is 0. The lowest BCUT2D eigenvalue weighted by Gasteiger charge is -2.36. The van der Waals surface area contributed by atoms with Gasteiger partial charge >= 0.3 is 0 Å². The molecule has 0 saturated heterocycles.